The second kappa shape index (κ2) is 5.87. The van der Waals surface area contributed by atoms with E-state index in [1.165, 1.54) is 0 Å². The summed E-state index contributed by atoms with van der Waals surface area (Å²) >= 11 is 3.45. The zero-order valence-corrected chi connectivity index (χ0v) is 13.1. The van der Waals surface area contributed by atoms with Crippen LogP contribution in [0.2, 0.25) is 0 Å². The van der Waals surface area contributed by atoms with Crippen molar-refractivity contribution >= 4 is 21.7 Å². The van der Waals surface area contributed by atoms with Gasteiger partial charge in [-0.05, 0) is 47.0 Å². The molecule has 0 radical (unpaired) electrons. The van der Waals surface area contributed by atoms with Crippen molar-refractivity contribution in [3.63, 3.8) is 0 Å². The van der Waals surface area contributed by atoms with Gasteiger partial charge in [-0.3, -0.25) is 0 Å². The summed E-state index contributed by atoms with van der Waals surface area (Å²) in [5.41, 5.74) is 2.55. The van der Waals surface area contributed by atoms with E-state index >= 15 is 0 Å². The number of nitrogens with one attached hydrogen (secondary N) is 1. The number of hydrogen-bond acceptors (Lipinski definition) is 6. The fraction of sp³-hybridized carbons (Fsp3) is 0.286. The third-order valence-corrected chi connectivity index (χ3v) is 3.78. The van der Waals surface area contributed by atoms with Crippen LogP contribution in [0.4, 0.5) is 5.82 Å². The summed E-state index contributed by atoms with van der Waals surface area (Å²) in [6.45, 7) is 0. The minimum Gasteiger partial charge on any atom is -0.497 e. The molecule has 0 bridgehead atoms. The zero-order chi connectivity index (χ0) is 14.8. The van der Waals surface area contributed by atoms with Crippen molar-refractivity contribution in [2.75, 3.05) is 12.5 Å². The highest BCUT2D eigenvalue weighted by atomic mass is 79.9. The second-order valence-electron chi connectivity index (χ2n) is 4.77. The first-order chi connectivity index (χ1) is 10.2. The van der Waals surface area contributed by atoms with Gasteiger partial charge in [-0.2, -0.15) is 4.98 Å². The van der Waals surface area contributed by atoms with E-state index in [0.717, 1.165) is 28.9 Å². The molecule has 0 atom stereocenters. The van der Waals surface area contributed by atoms with Gasteiger partial charge in [0.05, 0.1) is 11.6 Å². The van der Waals surface area contributed by atoms with E-state index in [4.69, 9.17) is 15.3 Å². The molecule has 1 aromatic heterocycles. The number of methoxy groups -OCH3 is 1. The Bertz CT molecular complexity index is 661. The number of halogens is 1. The maximum atomic E-state index is 5.82. The Morgan fingerprint density at radius 3 is 2.71 bits per heavy atom. The second-order valence-corrected chi connectivity index (χ2v) is 5.62. The molecule has 0 spiro atoms. The van der Waals surface area contributed by atoms with Gasteiger partial charge in [-0.25, -0.2) is 10.8 Å². The lowest BCUT2D eigenvalue weighted by Crippen LogP contribution is -2.10. The maximum absolute atomic E-state index is 5.82. The van der Waals surface area contributed by atoms with E-state index in [1.54, 1.807) is 13.2 Å². The molecule has 0 aliphatic heterocycles. The number of nitrogens with two attached hydrogens (primary N) is 1. The molecule has 0 amide bonds. The van der Waals surface area contributed by atoms with E-state index in [-0.39, 0.29) is 0 Å². The van der Waals surface area contributed by atoms with Gasteiger partial charge in [0, 0.05) is 12.0 Å². The number of ether oxygens (including phenoxy) is 2. The van der Waals surface area contributed by atoms with E-state index in [1.807, 2.05) is 18.2 Å². The van der Waals surface area contributed by atoms with Crippen LogP contribution in [0.3, 0.4) is 0 Å². The Morgan fingerprint density at radius 2 is 2.10 bits per heavy atom. The molecule has 1 aromatic carbocycles. The summed E-state index contributed by atoms with van der Waals surface area (Å²) < 4.78 is 11.8. The van der Waals surface area contributed by atoms with Crippen molar-refractivity contribution in [2.24, 2.45) is 5.84 Å². The highest BCUT2D eigenvalue weighted by Gasteiger charge is 2.27. The van der Waals surface area contributed by atoms with E-state index in [2.05, 4.69) is 31.3 Å². The monoisotopic (exact) mass is 350 g/mol. The molecule has 3 rings (SSSR count). The van der Waals surface area contributed by atoms with Crippen LogP contribution in [0.25, 0.3) is 0 Å². The molecular formula is C14H15BrN4O2. The van der Waals surface area contributed by atoms with Gasteiger partial charge in [-0.1, -0.05) is 0 Å². The first-order valence-corrected chi connectivity index (χ1v) is 7.36. The predicted molar refractivity (Wildman–Crippen MR) is 82.6 cm³/mol. The van der Waals surface area contributed by atoms with Gasteiger partial charge < -0.3 is 14.9 Å². The van der Waals surface area contributed by atoms with Crippen LogP contribution in [-0.4, -0.2) is 17.1 Å². The van der Waals surface area contributed by atoms with E-state index in [9.17, 15) is 0 Å². The average molecular weight is 351 g/mol. The smallest absolute Gasteiger partial charge is 0.224 e. The minimum absolute atomic E-state index is 0.417. The summed E-state index contributed by atoms with van der Waals surface area (Å²) in [7, 11) is 1.62. The Morgan fingerprint density at radius 1 is 1.29 bits per heavy atom. The Balaban J connectivity index is 1.88. The van der Waals surface area contributed by atoms with Crippen LogP contribution in [0, 0.1) is 0 Å². The zero-order valence-electron chi connectivity index (χ0n) is 11.5. The van der Waals surface area contributed by atoms with Crippen molar-refractivity contribution in [3.8, 4) is 17.4 Å². The van der Waals surface area contributed by atoms with Crippen LogP contribution in [0.15, 0.2) is 28.7 Å². The van der Waals surface area contributed by atoms with Gasteiger partial charge in [-0.15, -0.1) is 0 Å². The van der Waals surface area contributed by atoms with Gasteiger partial charge in [0.15, 0.2) is 0 Å². The van der Waals surface area contributed by atoms with Gasteiger partial charge in [0.1, 0.15) is 23.1 Å². The lowest BCUT2D eigenvalue weighted by atomic mass is 10.3. The molecular weight excluding hydrogens is 336 g/mol. The molecule has 21 heavy (non-hydrogen) atoms. The molecule has 0 saturated heterocycles. The molecule has 3 N–H and O–H groups in total. The topological polar surface area (TPSA) is 82.3 Å². The molecule has 2 aromatic rings. The maximum Gasteiger partial charge on any atom is 0.224 e. The molecule has 1 aliphatic rings. The summed E-state index contributed by atoms with van der Waals surface area (Å²) in [6, 6.07) is 7.14. The average Bonchev–Trinajstić information content (AvgIpc) is 3.33. The number of nitrogen functional groups attached to an aromatic ring is 1. The summed E-state index contributed by atoms with van der Waals surface area (Å²) in [4.78, 5) is 8.79. The van der Waals surface area contributed by atoms with Crippen molar-refractivity contribution in [1.82, 2.24) is 9.97 Å². The fourth-order valence-corrected chi connectivity index (χ4v) is 2.34. The molecule has 7 heteroatoms. The summed E-state index contributed by atoms with van der Waals surface area (Å²) in [5.74, 6) is 9.05. The van der Waals surface area contributed by atoms with Gasteiger partial charge >= 0.3 is 0 Å². The third kappa shape index (κ3) is 3.25. The molecule has 1 heterocycles. The van der Waals surface area contributed by atoms with Crippen molar-refractivity contribution in [1.29, 1.82) is 0 Å². The van der Waals surface area contributed by atoms with Crippen molar-refractivity contribution in [2.45, 2.75) is 18.8 Å². The third-order valence-electron chi connectivity index (χ3n) is 3.16. The molecule has 110 valence electrons. The van der Waals surface area contributed by atoms with Crippen LogP contribution >= 0.6 is 15.9 Å². The van der Waals surface area contributed by atoms with Crippen LogP contribution in [0.1, 0.15) is 24.6 Å². The number of hydrogen-bond donors (Lipinski definition) is 2. The molecule has 1 fully saturated rings. The minimum atomic E-state index is 0.417. The Kier molecular flexibility index (Phi) is 3.94. The fourth-order valence-electron chi connectivity index (χ4n) is 1.90. The Labute approximate surface area is 130 Å². The number of anilines is 1. The highest BCUT2D eigenvalue weighted by molar-refractivity contribution is 9.10. The molecule has 1 saturated carbocycles. The lowest BCUT2D eigenvalue weighted by molar-refractivity contribution is 0.411. The first-order valence-electron chi connectivity index (χ1n) is 6.56. The predicted octanol–water partition coefficient (Wildman–Crippen LogP) is 3.20. The standard InChI is InChI=1S/C14H15BrN4O2/c1-20-9-4-5-11(10(15)6-9)21-13-7-12(19-16)17-14(18-13)8-2-3-8/h4-8H,2-3,16H2,1H3,(H,17,18,19). The largest absolute Gasteiger partial charge is 0.497 e. The number of aromatic nitrogens is 2. The van der Waals surface area contributed by atoms with E-state index < -0.39 is 0 Å². The van der Waals surface area contributed by atoms with E-state index in [0.29, 0.717) is 23.4 Å². The summed E-state index contributed by atoms with van der Waals surface area (Å²) in [5, 5.41) is 0. The normalized spacial score (nSPS) is 13.9. The van der Waals surface area contributed by atoms with Crippen molar-refractivity contribution in [3.05, 3.63) is 34.6 Å². The Hall–Kier alpha value is -1.86. The molecule has 0 unspecified atom stereocenters. The first kappa shape index (κ1) is 14.1. The lowest BCUT2D eigenvalue weighted by Gasteiger charge is -2.10. The summed E-state index contributed by atoms with van der Waals surface area (Å²) in [6.07, 6.45) is 2.22. The molecule has 6 nitrogen and oxygen atoms in total. The van der Waals surface area contributed by atoms with Crippen LogP contribution < -0.4 is 20.7 Å². The number of hydrazine groups is 1. The van der Waals surface area contributed by atoms with Crippen molar-refractivity contribution < 1.29 is 9.47 Å². The SMILES string of the molecule is COc1ccc(Oc2cc(NN)nc(C3CC3)n2)c(Br)c1. The number of nitrogens with zero attached hydrogens (tertiary/aromatic N) is 2. The number of rotatable bonds is 5. The molecule has 1 aliphatic carbocycles. The van der Waals surface area contributed by atoms with Gasteiger partial charge in [0.2, 0.25) is 5.88 Å². The van der Waals surface area contributed by atoms with Crippen LogP contribution in [-0.2, 0) is 0 Å². The van der Waals surface area contributed by atoms with Gasteiger partial charge in [0.25, 0.3) is 0 Å². The highest BCUT2D eigenvalue weighted by Crippen LogP contribution is 2.40. The van der Waals surface area contributed by atoms with Crippen LogP contribution in [0.5, 0.6) is 17.4 Å². The quantitative estimate of drug-likeness (QED) is 0.636. The number of benzene rings is 1.